The number of amides is 3. The van der Waals surface area contributed by atoms with Gasteiger partial charge in [0, 0.05) is 28.9 Å². The van der Waals surface area contributed by atoms with Crippen LogP contribution in [-0.4, -0.2) is 40.6 Å². The first-order chi connectivity index (χ1) is 14.4. The van der Waals surface area contributed by atoms with Gasteiger partial charge in [-0.15, -0.1) is 0 Å². The number of methoxy groups -OCH3 is 1. The Morgan fingerprint density at radius 3 is 2.87 bits per heavy atom. The van der Waals surface area contributed by atoms with Crippen molar-refractivity contribution in [3.63, 3.8) is 0 Å². The number of halogens is 1. The lowest BCUT2D eigenvalue weighted by Crippen LogP contribution is -2.38. The van der Waals surface area contributed by atoms with Crippen molar-refractivity contribution in [2.24, 2.45) is 0 Å². The fourth-order valence-electron chi connectivity index (χ4n) is 3.03. The van der Waals surface area contributed by atoms with Gasteiger partial charge in [-0.1, -0.05) is 28.1 Å². The fourth-order valence-corrected chi connectivity index (χ4v) is 4.22. The minimum Gasteiger partial charge on any atom is -0.495 e. The van der Waals surface area contributed by atoms with Gasteiger partial charge in [0.05, 0.1) is 25.0 Å². The maximum absolute atomic E-state index is 12.7. The molecule has 30 heavy (non-hydrogen) atoms. The quantitative estimate of drug-likeness (QED) is 0.626. The molecule has 156 valence electrons. The molecule has 3 aromatic rings. The molecule has 9 nitrogen and oxygen atoms in total. The molecule has 0 aliphatic carbocycles. The van der Waals surface area contributed by atoms with E-state index in [1.807, 2.05) is 0 Å². The van der Waals surface area contributed by atoms with Gasteiger partial charge in [-0.3, -0.25) is 10.1 Å². The molecular formula is C19H18ClN5O4S. The van der Waals surface area contributed by atoms with Crippen LogP contribution in [0.25, 0.3) is 0 Å². The van der Waals surface area contributed by atoms with Gasteiger partial charge in [0.25, 0.3) is 5.91 Å². The Balaban J connectivity index is 1.43. The number of benzene rings is 1. The van der Waals surface area contributed by atoms with E-state index in [4.69, 9.17) is 20.9 Å². The van der Waals surface area contributed by atoms with Gasteiger partial charge in [0.15, 0.2) is 10.8 Å². The molecule has 0 saturated carbocycles. The van der Waals surface area contributed by atoms with Crippen molar-refractivity contribution in [2.75, 3.05) is 24.3 Å². The molecule has 0 unspecified atom stereocenters. The van der Waals surface area contributed by atoms with E-state index in [-0.39, 0.29) is 17.6 Å². The van der Waals surface area contributed by atoms with E-state index in [0.29, 0.717) is 46.9 Å². The number of rotatable bonds is 4. The second-order valence-electron chi connectivity index (χ2n) is 6.61. The molecule has 3 heterocycles. The van der Waals surface area contributed by atoms with E-state index in [1.165, 1.54) is 18.4 Å². The highest BCUT2D eigenvalue weighted by Crippen LogP contribution is 2.31. The summed E-state index contributed by atoms with van der Waals surface area (Å²) in [5.74, 6) is 0.688. The second-order valence-corrected chi connectivity index (χ2v) is 8.13. The van der Waals surface area contributed by atoms with Gasteiger partial charge in [0.1, 0.15) is 11.5 Å². The van der Waals surface area contributed by atoms with Crippen LogP contribution in [0.5, 0.6) is 5.75 Å². The molecule has 11 heteroatoms. The molecule has 2 aromatic heterocycles. The zero-order valence-corrected chi connectivity index (χ0v) is 17.8. The molecular weight excluding hydrogens is 430 g/mol. The lowest BCUT2D eigenvalue weighted by Gasteiger charge is -2.26. The van der Waals surface area contributed by atoms with E-state index >= 15 is 0 Å². The van der Waals surface area contributed by atoms with Crippen molar-refractivity contribution in [2.45, 2.75) is 19.9 Å². The van der Waals surface area contributed by atoms with Gasteiger partial charge >= 0.3 is 6.03 Å². The summed E-state index contributed by atoms with van der Waals surface area (Å²) in [5.41, 5.74) is 1.56. The Kier molecular flexibility index (Phi) is 5.60. The first kappa shape index (κ1) is 20.2. The van der Waals surface area contributed by atoms with Crippen LogP contribution >= 0.6 is 22.9 Å². The van der Waals surface area contributed by atoms with Crippen molar-refractivity contribution in [1.29, 1.82) is 0 Å². The number of hydrogen-bond acceptors (Lipinski definition) is 7. The topological polar surface area (TPSA) is 110 Å². The summed E-state index contributed by atoms with van der Waals surface area (Å²) in [6.45, 7) is 2.60. The Hall–Kier alpha value is -3.11. The van der Waals surface area contributed by atoms with Gasteiger partial charge in [-0.2, -0.15) is 0 Å². The normalized spacial score (nSPS) is 13.0. The third-order valence-electron chi connectivity index (χ3n) is 4.50. The Bertz CT molecular complexity index is 1110. The van der Waals surface area contributed by atoms with Crippen molar-refractivity contribution < 1.29 is 18.8 Å². The molecule has 0 spiro atoms. The molecule has 1 aliphatic heterocycles. The fraction of sp³-hybridized carbons (Fsp3) is 0.263. The first-order valence-electron chi connectivity index (χ1n) is 9.05. The summed E-state index contributed by atoms with van der Waals surface area (Å²) < 4.78 is 10.2. The number of aryl methyl sites for hydroxylation is 1. The van der Waals surface area contributed by atoms with E-state index in [9.17, 15) is 9.59 Å². The highest BCUT2D eigenvalue weighted by atomic mass is 35.5. The molecule has 0 fully saturated rings. The highest BCUT2D eigenvalue weighted by Gasteiger charge is 2.25. The molecule has 0 bridgehead atoms. The maximum atomic E-state index is 12.7. The average molecular weight is 448 g/mol. The van der Waals surface area contributed by atoms with Gasteiger partial charge < -0.3 is 19.5 Å². The van der Waals surface area contributed by atoms with Crippen LogP contribution in [0.15, 0.2) is 28.8 Å². The number of fused-ring (bicyclic) bond motifs is 1. The van der Waals surface area contributed by atoms with Crippen LogP contribution in [0.1, 0.15) is 26.8 Å². The molecule has 3 amide bonds. The summed E-state index contributed by atoms with van der Waals surface area (Å²) >= 11 is 7.36. The highest BCUT2D eigenvalue weighted by molar-refractivity contribution is 7.15. The number of aromatic nitrogens is 2. The number of carbonyl (C=O) groups excluding carboxylic acids is 2. The largest absolute Gasteiger partial charge is 0.495 e. The minimum atomic E-state index is -0.388. The number of nitrogens with zero attached hydrogens (tertiary/aromatic N) is 3. The van der Waals surface area contributed by atoms with E-state index < -0.39 is 0 Å². The van der Waals surface area contributed by atoms with Crippen LogP contribution in [0, 0.1) is 6.92 Å². The second kappa shape index (κ2) is 8.33. The van der Waals surface area contributed by atoms with E-state index in [0.717, 1.165) is 10.6 Å². The zero-order chi connectivity index (χ0) is 21.3. The number of ether oxygens (including phenoxy) is 1. The molecule has 1 aliphatic rings. The van der Waals surface area contributed by atoms with Crippen LogP contribution in [0.4, 0.5) is 15.6 Å². The van der Waals surface area contributed by atoms with Gasteiger partial charge in [-0.25, -0.2) is 9.78 Å². The van der Waals surface area contributed by atoms with Crippen LogP contribution < -0.4 is 15.4 Å². The Morgan fingerprint density at radius 1 is 1.30 bits per heavy atom. The van der Waals surface area contributed by atoms with Crippen molar-refractivity contribution >= 4 is 45.7 Å². The Labute approximate surface area is 181 Å². The molecule has 4 rings (SSSR count). The van der Waals surface area contributed by atoms with Gasteiger partial charge in [0.2, 0.25) is 0 Å². The predicted octanol–water partition coefficient (Wildman–Crippen LogP) is 3.94. The number of nitrogens with one attached hydrogen (secondary N) is 2. The molecule has 0 saturated heterocycles. The summed E-state index contributed by atoms with van der Waals surface area (Å²) in [6.07, 6.45) is 0.588. The average Bonchev–Trinajstić information content (AvgIpc) is 3.33. The third-order valence-corrected chi connectivity index (χ3v) is 5.74. The van der Waals surface area contributed by atoms with Crippen molar-refractivity contribution in [3.05, 3.63) is 51.3 Å². The van der Waals surface area contributed by atoms with Crippen molar-refractivity contribution in [3.8, 4) is 5.75 Å². The Morgan fingerprint density at radius 2 is 2.13 bits per heavy atom. The third kappa shape index (κ3) is 4.24. The van der Waals surface area contributed by atoms with Crippen LogP contribution in [0.3, 0.4) is 0 Å². The molecule has 1 aromatic carbocycles. The zero-order valence-electron chi connectivity index (χ0n) is 16.2. The predicted molar refractivity (Wildman–Crippen MR) is 112 cm³/mol. The van der Waals surface area contributed by atoms with Crippen molar-refractivity contribution in [1.82, 2.24) is 15.0 Å². The number of hydrogen-bond donors (Lipinski definition) is 2. The summed E-state index contributed by atoms with van der Waals surface area (Å²) in [4.78, 5) is 32.0. The number of urea groups is 1. The molecule has 0 radical (unpaired) electrons. The molecule has 0 atom stereocenters. The van der Waals surface area contributed by atoms with Gasteiger partial charge in [-0.05, 0) is 25.1 Å². The van der Waals surface area contributed by atoms with Crippen LogP contribution in [-0.2, 0) is 13.0 Å². The van der Waals surface area contributed by atoms with E-state index in [1.54, 1.807) is 36.1 Å². The summed E-state index contributed by atoms with van der Waals surface area (Å²) in [5, 5.41) is 10.2. The molecule has 2 N–H and O–H groups in total. The lowest BCUT2D eigenvalue weighted by molar-refractivity contribution is 0.101. The minimum absolute atomic E-state index is 0.192. The standard InChI is InChI=1S/C19H18ClN5O4S/c1-10-7-14(24-29-10)17(26)23-18-21-12-5-6-25(9-16(12)30-18)19(27)22-13-8-11(20)3-4-15(13)28-2/h3-4,7-8H,5-6,9H2,1-2H3,(H,22,27)(H,21,23,26). The maximum Gasteiger partial charge on any atom is 0.322 e. The number of anilines is 2. The summed E-state index contributed by atoms with van der Waals surface area (Å²) in [7, 11) is 1.53. The van der Waals surface area contributed by atoms with Crippen LogP contribution in [0.2, 0.25) is 5.02 Å². The first-order valence-corrected chi connectivity index (χ1v) is 10.2. The lowest BCUT2D eigenvalue weighted by atomic mass is 10.2. The number of thiazole rings is 1. The number of carbonyl (C=O) groups is 2. The SMILES string of the molecule is COc1ccc(Cl)cc1NC(=O)N1CCc2nc(NC(=O)c3cc(C)on3)sc2C1. The summed E-state index contributed by atoms with van der Waals surface area (Å²) in [6, 6.07) is 6.31. The monoisotopic (exact) mass is 447 g/mol. The van der Waals surface area contributed by atoms with E-state index in [2.05, 4.69) is 20.8 Å². The smallest absolute Gasteiger partial charge is 0.322 e.